The van der Waals surface area contributed by atoms with Crippen LogP contribution in [0, 0.1) is 5.92 Å². The third-order valence-corrected chi connectivity index (χ3v) is 6.85. The Morgan fingerprint density at radius 2 is 1.78 bits per heavy atom. The zero-order valence-electron chi connectivity index (χ0n) is 18.3. The lowest BCUT2D eigenvalue weighted by atomic mass is 10.1. The van der Waals surface area contributed by atoms with Gasteiger partial charge in [-0.1, -0.05) is 37.5 Å². The minimum absolute atomic E-state index is 0.0954. The second-order valence-corrected chi connectivity index (χ2v) is 9.56. The van der Waals surface area contributed by atoms with Crippen molar-refractivity contribution in [1.29, 1.82) is 0 Å². The minimum atomic E-state index is -4.22. The highest BCUT2D eigenvalue weighted by Gasteiger charge is 2.56. The molecule has 1 saturated carbocycles. The lowest BCUT2D eigenvalue weighted by Crippen LogP contribution is -2.46. The number of unbranched alkanes of at least 4 members (excludes halogenated alkanes) is 4. The average molecular weight is 466 g/mol. The molecule has 176 valence electrons. The van der Waals surface area contributed by atoms with Gasteiger partial charge in [-0.15, -0.1) is 6.58 Å². The van der Waals surface area contributed by atoms with Gasteiger partial charge in [-0.2, -0.15) is 0 Å². The normalized spacial score (nSPS) is 19.6. The molecule has 0 saturated heterocycles. The van der Waals surface area contributed by atoms with Crippen molar-refractivity contribution in [3.8, 4) is 0 Å². The van der Waals surface area contributed by atoms with Crippen LogP contribution >= 0.6 is 0 Å². The maximum Gasteiger partial charge on any atom is 0.305 e. The zero-order valence-corrected chi connectivity index (χ0v) is 19.1. The predicted octanol–water partition coefficient (Wildman–Crippen LogP) is 2.24. The standard InChI is InChI=1S/C22H31N3O6S/c1-3-16-15-22(16,23)21(28)25-32(29,30)18-12-10-9-11-17(18)24-19(26)13-7-5-4-6-8-14-20(27)31-2/h3,9-12,16H,1,4-8,13-15,23H2,2H3,(H,24,26)(H,25,28)/t16-,22+/m1/s1. The molecule has 1 aromatic carbocycles. The first-order valence-electron chi connectivity index (χ1n) is 10.6. The summed E-state index contributed by atoms with van der Waals surface area (Å²) in [6.07, 6.45) is 6.41. The van der Waals surface area contributed by atoms with E-state index < -0.39 is 21.5 Å². The molecule has 9 nitrogen and oxygen atoms in total. The summed E-state index contributed by atoms with van der Waals surface area (Å²) in [6.45, 7) is 3.58. The van der Waals surface area contributed by atoms with Crippen LogP contribution in [0.2, 0.25) is 0 Å². The van der Waals surface area contributed by atoms with Gasteiger partial charge >= 0.3 is 5.97 Å². The number of ether oxygens (including phenoxy) is 1. The molecule has 32 heavy (non-hydrogen) atoms. The van der Waals surface area contributed by atoms with Crippen molar-refractivity contribution in [3.63, 3.8) is 0 Å². The van der Waals surface area contributed by atoms with E-state index in [4.69, 9.17) is 5.73 Å². The van der Waals surface area contributed by atoms with Crippen molar-refractivity contribution in [2.24, 2.45) is 11.7 Å². The fraction of sp³-hybridized carbons (Fsp3) is 0.500. The minimum Gasteiger partial charge on any atom is -0.469 e. The third-order valence-electron chi connectivity index (χ3n) is 5.46. The van der Waals surface area contributed by atoms with Gasteiger partial charge in [0.2, 0.25) is 5.91 Å². The summed E-state index contributed by atoms with van der Waals surface area (Å²) < 4.78 is 32.1. The van der Waals surface area contributed by atoms with E-state index in [0.717, 1.165) is 25.7 Å². The SMILES string of the molecule is C=C[C@@H]1C[C@@]1(N)C(=O)NS(=O)(=O)c1ccccc1NC(=O)CCCCCCCC(=O)OC. The van der Waals surface area contributed by atoms with E-state index in [1.165, 1.54) is 31.4 Å². The molecule has 1 aliphatic carbocycles. The number of carbonyl (C=O) groups excluding carboxylic acids is 3. The molecule has 0 spiro atoms. The van der Waals surface area contributed by atoms with E-state index in [0.29, 0.717) is 19.3 Å². The summed E-state index contributed by atoms with van der Waals surface area (Å²) >= 11 is 0. The number of nitrogens with two attached hydrogens (primary N) is 1. The summed E-state index contributed by atoms with van der Waals surface area (Å²) in [6, 6.07) is 5.88. The molecule has 4 N–H and O–H groups in total. The van der Waals surface area contributed by atoms with Gasteiger partial charge in [-0.05, 0) is 31.4 Å². The van der Waals surface area contributed by atoms with Gasteiger partial charge in [-0.3, -0.25) is 14.4 Å². The van der Waals surface area contributed by atoms with Crippen LogP contribution in [0.15, 0.2) is 41.8 Å². The second-order valence-electron chi connectivity index (χ2n) is 7.91. The summed E-state index contributed by atoms with van der Waals surface area (Å²) in [7, 11) is -2.86. The Hall–Kier alpha value is -2.72. The first-order chi connectivity index (χ1) is 15.1. The van der Waals surface area contributed by atoms with Crippen LogP contribution < -0.4 is 15.8 Å². The summed E-state index contributed by atoms with van der Waals surface area (Å²) in [4.78, 5) is 35.5. The number of rotatable bonds is 13. The van der Waals surface area contributed by atoms with E-state index in [9.17, 15) is 22.8 Å². The molecule has 0 unspecified atom stereocenters. The highest BCUT2D eigenvalue weighted by atomic mass is 32.2. The van der Waals surface area contributed by atoms with Crippen molar-refractivity contribution in [2.75, 3.05) is 12.4 Å². The van der Waals surface area contributed by atoms with Crippen molar-refractivity contribution < 1.29 is 27.5 Å². The molecule has 1 aromatic rings. The van der Waals surface area contributed by atoms with E-state index in [2.05, 4.69) is 16.6 Å². The molecule has 2 rings (SSSR count). The van der Waals surface area contributed by atoms with E-state index in [1.54, 1.807) is 6.07 Å². The monoisotopic (exact) mass is 465 g/mol. The first kappa shape index (κ1) is 25.5. The fourth-order valence-corrected chi connectivity index (χ4v) is 4.55. The Bertz CT molecular complexity index is 962. The lowest BCUT2D eigenvalue weighted by Gasteiger charge is -2.15. The molecule has 0 radical (unpaired) electrons. The molecule has 2 atom stereocenters. The number of para-hydroxylation sites is 1. The molecule has 0 aliphatic heterocycles. The van der Waals surface area contributed by atoms with Gasteiger partial charge in [0.05, 0.1) is 12.8 Å². The van der Waals surface area contributed by atoms with Gasteiger partial charge in [0, 0.05) is 18.8 Å². The molecule has 0 aromatic heterocycles. The quantitative estimate of drug-likeness (QED) is 0.230. The number of esters is 1. The van der Waals surface area contributed by atoms with Crippen LogP contribution in [0.3, 0.4) is 0 Å². The summed E-state index contributed by atoms with van der Waals surface area (Å²) in [5.74, 6) is -1.62. The van der Waals surface area contributed by atoms with Crippen molar-refractivity contribution >= 4 is 33.5 Å². The largest absolute Gasteiger partial charge is 0.469 e. The molecule has 1 aliphatic rings. The highest BCUT2D eigenvalue weighted by molar-refractivity contribution is 7.90. The maximum atomic E-state index is 12.7. The Balaban J connectivity index is 1.86. The molecule has 2 amide bonds. The maximum absolute atomic E-state index is 12.7. The number of sulfonamides is 1. The van der Waals surface area contributed by atoms with Crippen LogP contribution in [0.1, 0.15) is 51.4 Å². The smallest absolute Gasteiger partial charge is 0.305 e. The van der Waals surface area contributed by atoms with Crippen LogP contribution in [0.25, 0.3) is 0 Å². The number of methoxy groups -OCH3 is 1. The van der Waals surface area contributed by atoms with Crippen LogP contribution in [0.4, 0.5) is 5.69 Å². The number of amides is 2. The molecule has 0 bridgehead atoms. The Labute approximate surface area is 188 Å². The molecule has 10 heteroatoms. The number of nitrogens with one attached hydrogen (secondary N) is 2. The van der Waals surface area contributed by atoms with Crippen LogP contribution in [-0.4, -0.2) is 38.9 Å². The summed E-state index contributed by atoms with van der Waals surface area (Å²) in [5.41, 5.74) is 4.75. The highest BCUT2D eigenvalue weighted by Crippen LogP contribution is 2.42. The number of benzene rings is 1. The summed E-state index contributed by atoms with van der Waals surface area (Å²) in [5, 5.41) is 2.61. The van der Waals surface area contributed by atoms with E-state index >= 15 is 0 Å². The third kappa shape index (κ3) is 6.89. The zero-order chi connectivity index (χ0) is 23.8. The average Bonchev–Trinajstić information content (AvgIpc) is 3.44. The number of hydrogen-bond acceptors (Lipinski definition) is 7. The second kappa shape index (κ2) is 11.2. The van der Waals surface area contributed by atoms with E-state index in [1.807, 2.05) is 4.72 Å². The van der Waals surface area contributed by atoms with Gasteiger partial charge < -0.3 is 15.8 Å². The number of anilines is 1. The fourth-order valence-electron chi connectivity index (χ4n) is 3.34. The lowest BCUT2D eigenvalue weighted by molar-refractivity contribution is -0.140. The van der Waals surface area contributed by atoms with Gasteiger partial charge in [0.1, 0.15) is 10.4 Å². The van der Waals surface area contributed by atoms with Crippen molar-refractivity contribution in [2.45, 2.75) is 61.8 Å². The van der Waals surface area contributed by atoms with Crippen molar-refractivity contribution in [1.82, 2.24) is 4.72 Å². The van der Waals surface area contributed by atoms with Gasteiger partial charge in [0.25, 0.3) is 15.9 Å². The Morgan fingerprint density at radius 3 is 2.41 bits per heavy atom. The number of carbonyl (C=O) groups is 3. The number of hydrogen-bond donors (Lipinski definition) is 3. The molecular formula is C22H31N3O6S. The molecule has 1 fully saturated rings. The first-order valence-corrected chi connectivity index (χ1v) is 12.1. The Morgan fingerprint density at radius 1 is 1.16 bits per heavy atom. The van der Waals surface area contributed by atoms with Crippen molar-refractivity contribution in [3.05, 3.63) is 36.9 Å². The molecular weight excluding hydrogens is 434 g/mol. The van der Waals surface area contributed by atoms with Crippen LogP contribution in [-0.2, 0) is 29.1 Å². The van der Waals surface area contributed by atoms with Gasteiger partial charge in [-0.25, -0.2) is 13.1 Å². The van der Waals surface area contributed by atoms with Crippen LogP contribution in [0.5, 0.6) is 0 Å². The van der Waals surface area contributed by atoms with E-state index in [-0.39, 0.29) is 34.8 Å². The topological polar surface area (TPSA) is 145 Å². The Kier molecular flexibility index (Phi) is 8.97. The van der Waals surface area contributed by atoms with Gasteiger partial charge in [0.15, 0.2) is 0 Å². The molecule has 0 heterocycles. The predicted molar refractivity (Wildman–Crippen MR) is 120 cm³/mol.